The highest BCUT2D eigenvalue weighted by molar-refractivity contribution is 5.69. The molecule has 0 spiro atoms. The van der Waals surface area contributed by atoms with Crippen molar-refractivity contribution in [1.29, 1.82) is 0 Å². The number of nitrogens with one attached hydrogen (secondary N) is 1. The van der Waals surface area contributed by atoms with Crippen LogP contribution in [-0.2, 0) is 17.7 Å². The number of likely N-dealkylation sites (tertiary alicyclic amines) is 1. The third kappa shape index (κ3) is 3.85. The zero-order valence-electron chi connectivity index (χ0n) is 14.3. The fourth-order valence-corrected chi connectivity index (χ4v) is 4.04. The van der Waals surface area contributed by atoms with E-state index in [4.69, 9.17) is 4.74 Å². The third-order valence-electron chi connectivity index (χ3n) is 5.31. The molecule has 2 aromatic carbocycles. The summed E-state index contributed by atoms with van der Waals surface area (Å²) in [6.45, 7) is 2.92. The number of benzene rings is 2. The number of nitrogens with zero attached hydrogens (tertiary/aromatic N) is 1. The van der Waals surface area contributed by atoms with Gasteiger partial charge in [0, 0.05) is 38.0 Å². The molecular weight excluding hydrogens is 312 g/mol. The highest BCUT2D eigenvalue weighted by Crippen LogP contribution is 2.29. The first-order chi connectivity index (χ1) is 12.3. The number of ether oxygens (including phenoxy) is 1. The van der Waals surface area contributed by atoms with Gasteiger partial charge in [0.15, 0.2) is 0 Å². The lowest BCUT2D eigenvalue weighted by molar-refractivity contribution is -0.0197. The standard InChI is InChI=1S/C21H24N2O2/c24-21-22-19-11-12-23(14-17-9-5-2-6-10-17)15-18(19)20(25-21)13-16-7-3-1-4-8-16/h1-10,18-20H,11-15H2,(H,22,24). The quantitative estimate of drug-likeness (QED) is 0.932. The van der Waals surface area contributed by atoms with E-state index >= 15 is 0 Å². The molecule has 25 heavy (non-hydrogen) atoms. The molecule has 0 aromatic heterocycles. The van der Waals surface area contributed by atoms with Gasteiger partial charge in [-0.05, 0) is 17.5 Å². The summed E-state index contributed by atoms with van der Waals surface area (Å²) >= 11 is 0. The van der Waals surface area contributed by atoms with Crippen LogP contribution in [0.5, 0.6) is 0 Å². The van der Waals surface area contributed by atoms with Gasteiger partial charge in [-0.2, -0.15) is 0 Å². The molecule has 0 saturated carbocycles. The molecule has 2 aliphatic rings. The second-order valence-corrected chi connectivity index (χ2v) is 7.06. The van der Waals surface area contributed by atoms with Crippen LogP contribution in [0.25, 0.3) is 0 Å². The minimum absolute atomic E-state index is 0.0558. The Hall–Kier alpha value is -2.33. The van der Waals surface area contributed by atoms with Gasteiger partial charge >= 0.3 is 6.09 Å². The third-order valence-corrected chi connectivity index (χ3v) is 5.31. The minimum Gasteiger partial charge on any atom is -0.445 e. The number of alkyl carbamates (subject to hydrolysis) is 1. The summed E-state index contributed by atoms with van der Waals surface area (Å²) in [6, 6.07) is 21.1. The maximum atomic E-state index is 11.9. The Morgan fingerprint density at radius 1 is 1.00 bits per heavy atom. The average Bonchev–Trinajstić information content (AvgIpc) is 2.64. The largest absolute Gasteiger partial charge is 0.445 e. The Morgan fingerprint density at radius 2 is 1.68 bits per heavy atom. The van der Waals surface area contributed by atoms with E-state index < -0.39 is 0 Å². The molecule has 4 nitrogen and oxygen atoms in total. The summed E-state index contributed by atoms with van der Waals surface area (Å²) in [5.41, 5.74) is 2.56. The van der Waals surface area contributed by atoms with E-state index in [2.05, 4.69) is 52.7 Å². The van der Waals surface area contributed by atoms with Crippen molar-refractivity contribution in [1.82, 2.24) is 10.2 Å². The Kier molecular flexibility index (Phi) is 4.70. The normalized spacial score (nSPS) is 26.4. The van der Waals surface area contributed by atoms with Gasteiger partial charge in [-0.1, -0.05) is 60.7 Å². The number of cyclic esters (lactones) is 1. The van der Waals surface area contributed by atoms with Gasteiger partial charge in [-0.3, -0.25) is 4.90 Å². The van der Waals surface area contributed by atoms with Crippen molar-refractivity contribution in [3.05, 3.63) is 71.8 Å². The lowest BCUT2D eigenvalue weighted by atomic mass is 9.83. The van der Waals surface area contributed by atoms with Crippen molar-refractivity contribution < 1.29 is 9.53 Å². The van der Waals surface area contributed by atoms with Gasteiger partial charge in [-0.15, -0.1) is 0 Å². The fourth-order valence-electron chi connectivity index (χ4n) is 4.04. The molecule has 2 fully saturated rings. The monoisotopic (exact) mass is 336 g/mol. The van der Waals surface area contributed by atoms with Crippen molar-refractivity contribution in [2.45, 2.75) is 31.5 Å². The highest BCUT2D eigenvalue weighted by atomic mass is 16.6. The van der Waals surface area contributed by atoms with E-state index in [1.54, 1.807) is 0 Å². The summed E-state index contributed by atoms with van der Waals surface area (Å²) in [4.78, 5) is 14.4. The van der Waals surface area contributed by atoms with Crippen LogP contribution in [0.3, 0.4) is 0 Å². The Morgan fingerprint density at radius 3 is 2.40 bits per heavy atom. The molecule has 3 atom stereocenters. The van der Waals surface area contributed by atoms with Crippen LogP contribution in [0, 0.1) is 5.92 Å². The summed E-state index contributed by atoms with van der Waals surface area (Å²) in [6.07, 6.45) is 1.45. The summed E-state index contributed by atoms with van der Waals surface area (Å²) in [7, 11) is 0. The van der Waals surface area contributed by atoms with Gasteiger partial charge in [0.05, 0.1) is 0 Å². The van der Waals surface area contributed by atoms with E-state index in [9.17, 15) is 4.79 Å². The van der Waals surface area contributed by atoms with Gasteiger partial charge in [0.1, 0.15) is 6.10 Å². The molecule has 1 amide bonds. The van der Waals surface area contributed by atoms with Crippen LogP contribution in [-0.4, -0.2) is 36.2 Å². The van der Waals surface area contributed by atoms with Gasteiger partial charge in [-0.25, -0.2) is 4.79 Å². The van der Waals surface area contributed by atoms with Crippen LogP contribution in [0.2, 0.25) is 0 Å². The van der Waals surface area contributed by atoms with Crippen molar-refractivity contribution in [2.75, 3.05) is 13.1 Å². The van der Waals surface area contributed by atoms with E-state index in [1.807, 2.05) is 18.2 Å². The second kappa shape index (κ2) is 7.28. The Balaban J connectivity index is 1.47. The number of carbonyl (C=O) groups excluding carboxylic acids is 1. The van der Waals surface area contributed by atoms with E-state index in [0.29, 0.717) is 5.92 Å². The number of amides is 1. The fraction of sp³-hybridized carbons (Fsp3) is 0.381. The first-order valence-electron chi connectivity index (χ1n) is 9.05. The number of rotatable bonds is 4. The first-order valence-corrected chi connectivity index (χ1v) is 9.05. The predicted octanol–water partition coefficient (Wildman–Crippen LogP) is 3.23. The summed E-state index contributed by atoms with van der Waals surface area (Å²) < 4.78 is 5.68. The topological polar surface area (TPSA) is 41.6 Å². The summed E-state index contributed by atoms with van der Waals surface area (Å²) in [5.74, 6) is 0.329. The number of hydrogen-bond acceptors (Lipinski definition) is 3. The summed E-state index contributed by atoms with van der Waals surface area (Å²) in [5, 5.41) is 3.03. The highest BCUT2D eigenvalue weighted by Gasteiger charge is 2.41. The molecule has 2 aromatic rings. The molecule has 130 valence electrons. The molecule has 4 rings (SSSR count). The molecule has 1 N–H and O–H groups in total. The van der Waals surface area contributed by atoms with Crippen molar-refractivity contribution in [3.8, 4) is 0 Å². The average molecular weight is 336 g/mol. The zero-order valence-corrected chi connectivity index (χ0v) is 14.3. The molecule has 2 heterocycles. The van der Waals surface area contributed by atoms with Crippen molar-refractivity contribution >= 4 is 6.09 Å². The van der Waals surface area contributed by atoms with Crippen molar-refractivity contribution in [2.24, 2.45) is 5.92 Å². The second-order valence-electron chi connectivity index (χ2n) is 7.06. The number of carbonyl (C=O) groups is 1. The maximum absolute atomic E-state index is 11.9. The molecule has 0 radical (unpaired) electrons. The van der Waals surface area contributed by atoms with Gasteiger partial charge in [0.2, 0.25) is 0 Å². The Bertz CT molecular complexity index is 704. The SMILES string of the molecule is O=C1NC2CCN(Cc3ccccc3)CC2C(Cc2ccccc2)O1. The van der Waals surface area contributed by atoms with Crippen LogP contribution in [0.1, 0.15) is 17.5 Å². The zero-order chi connectivity index (χ0) is 17.1. The van der Waals surface area contributed by atoms with E-state index in [0.717, 1.165) is 32.5 Å². The van der Waals surface area contributed by atoms with Crippen molar-refractivity contribution in [3.63, 3.8) is 0 Å². The van der Waals surface area contributed by atoms with Crippen LogP contribution in [0.15, 0.2) is 60.7 Å². The lowest BCUT2D eigenvalue weighted by Crippen LogP contribution is -2.60. The number of fused-ring (bicyclic) bond motifs is 1. The Labute approximate surface area is 148 Å². The van der Waals surface area contributed by atoms with Gasteiger partial charge < -0.3 is 10.1 Å². The van der Waals surface area contributed by atoms with Gasteiger partial charge in [0.25, 0.3) is 0 Å². The molecule has 0 bridgehead atoms. The molecule has 2 saturated heterocycles. The molecule has 2 aliphatic heterocycles. The molecule has 3 unspecified atom stereocenters. The van der Waals surface area contributed by atoms with Crippen LogP contribution in [0.4, 0.5) is 4.79 Å². The van der Waals surface area contributed by atoms with Crippen LogP contribution >= 0.6 is 0 Å². The molecule has 4 heteroatoms. The van der Waals surface area contributed by atoms with Crippen LogP contribution < -0.4 is 5.32 Å². The first kappa shape index (κ1) is 16.2. The van der Waals surface area contributed by atoms with E-state index in [-0.39, 0.29) is 18.2 Å². The predicted molar refractivity (Wildman–Crippen MR) is 97.2 cm³/mol. The lowest BCUT2D eigenvalue weighted by Gasteiger charge is -2.45. The minimum atomic E-state index is -0.265. The molecule has 0 aliphatic carbocycles. The number of piperidine rings is 1. The molecular formula is C21H24N2O2. The number of hydrogen-bond donors (Lipinski definition) is 1. The maximum Gasteiger partial charge on any atom is 0.407 e. The smallest absolute Gasteiger partial charge is 0.407 e. The van der Waals surface area contributed by atoms with E-state index in [1.165, 1.54) is 11.1 Å².